The van der Waals surface area contributed by atoms with Crippen LogP contribution in [0.1, 0.15) is 0 Å². The molecule has 0 fully saturated rings. The zero-order valence-corrected chi connectivity index (χ0v) is 12.0. The summed E-state index contributed by atoms with van der Waals surface area (Å²) in [7, 11) is 0. The molecule has 104 valence electrons. The van der Waals surface area contributed by atoms with Crippen LogP contribution < -0.4 is 11.1 Å². The Morgan fingerprint density at radius 3 is 2.45 bits per heavy atom. The van der Waals surface area contributed by atoms with Crippen molar-refractivity contribution in [3.8, 4) is 0 Å². The van der Waals surface area contributed by atoms with Gasteiger partial charge in [0.1, 0.15) is 5.82 Å². The van der Waals surface area contributed by atoms with E-state index < -0.39 is 4.92 Å². The summed E-state index contributed by atoms with van der Waals surface area (Å²) >= 11 is 17.7. The largest absolute Gasteiger partial charge is 0.384 e. The summed E-state index contributed by atoms with van der Waals surface area (Å²) in [6, 6.07) is 5.45. The summed E-state index contributed by atoms with van der Waals surface area (Å²) in [5, 5.41) is 14.4. The molecule has 0 spiro atoms. The van der Waals surface area contributed by atoms with Crippen molar-refractivity contribution in [2.75, 3.05) is 11.1 Å². The van der Waals surface area contributed by atoms with Crippen LogP contribution in [0.3, 0.4) is 0 Å². The SMILES string of the molecule is Nc1ccc([N+](=O)[O-])c(Nc2cc(Cl)c(Cl)cc2Cl)n1. The van der Waals surface area contributed by atoms with E-state index in [0.717, 1.165) is 0 Å². The van der Waals surface area contributed by atoms with E-state index in [1.54, 1.807) is 0 Å². The Morgan fingerprint density at radius 2 is 1.80 bits per heavy atom. The summed E-state index contributed by atoms with van der Waals surface area (Å²) in [5.41, 5.74) is 5.62. The van der Waals surface area contributed by atoms with Crippen molar-refractivity contribution < 1.29 is 4.92 Å². The van der Waals surface area contributed by atoms with Crippen molar-refractivity contribution in [3.05, 3.63) is 49.4 Å². The molecule has 0 amide bonds. The molecule has 2 rings (SSSR count). The van der Waals surface area contributed by atoms with Gasteiger partial charge in [0.2, 0.25) is 5.82 Å². The van der Waals surface area contributed by atoms with E-state index in [9.17, 15) is 10.1 Å². The van der Waals surface area contributed by atoms with Gasteiger partial charge >= 0.3 is 5.69 Å². The average molecular weight is 334 g/mol. The van der Waals surface area contributed by atoms with Crippen LogP contribution in [-0.2, 0) is 0 Å². The van der Waals surface area contributed by atoms with Crippen LogP contribution in [-0.4, -0.2) is 9.91 Å². The molecule has 9 heteroatoms. The number of nitrogens with one attached hydrogen (secondary N) is 1. The molecular formula is C11H7Cl3N4O2. The number of hydrogen-bond acceptors (Lipinski definition) is 5. The van der Waals surface area contributed by atoms with Gasteiger partial charge in [-0.3, -0.25) is 10.1 Å². The summed E-state index contributed by atoms with van der Waals surface area (Å²) in [6.45, 7) is 0. The van der Waals surface area contributed by atoms with Crippen molar-refractivity contribution in [1.82, 2.24) is 4.98 Å². The number of nitro groups is 1. The topological polar surface area (TPSA) is 94.1 Å². The Bertz CT molecular complexity index is 694. The predicted molar refractivity (Wildman–Crippen MR) is 80.1 cm³/mol. The summed E-state index contributed by atoms with van der Waals surface area (Å²) in [5.74, 6) is 0.101. The van der Waals surface area contributed by atoms with Crippen molar-refractivity contribution >= 4 is 57.8 Å². The van der Waals surface area contributed by atoms with Gasteiger partial charge in [-0.25, -0.2) is 4.98 Å². The number of nitrogens with two attached hydrogens (primary N) is 1. The van der Waals surface area contributed by atoms with E-state index in [1.165, 1.54) is 24.3 Å². The highest BCUT2D eigenvalue weighted by molar-refractivity contribution is 6.44. The van der Waals surface area contributed by atoms with E-state index in [-0.39, 0.29) is 32.4 Å². The third-order valence-corrected chi connectivity index (χ3v) is 3.39. The number of hydrogen-bond donors (Lipinski definition) is 2. The summed E-state index contributed by atoms with van der Waals surface area (Å²) in [6.07, 6.45) is 0. The second-order valence-corrected chi connectivity index (χ2v) is 4.95. The summed E-state index contributed by atoms with van der Waals surface area (Å²) in [4.78, 5) is 14.2. The van der Waals surface area contributed by atoms with Gasteiger partial charge in [-0.1, -0.05) is 34.8 Å². The van der Waals surface area contributed by atoms with Gasteiger partial charge in [-0.15, -0.1) is 0 Å². The standard InChI is InChI=1S/C11H7Cl3N4O2/c12-5-3-7(14)8(4-6(5)13)16-11-9(18(19)20)1-2-10(15)17-11/h1-4H,(H3,15,16,17). The second kappa shape index (κ2) is 5.70. The van der Waals surface area contributed by atoms with Crippen LogP contribution in [0.25, 0.3) is 0 Å². The Morgan fingerprint density at radius 1 is 1.15 bits per heavy atom. The first-order chi connectivity index (χ1) is 9.38. The van der Waals surface area contributed by atoms with Crippen LogP contribution in [0.15, 0.2) is 24.3 Å². The van der Waals surface area contributed by atoms with Crippen LogP contribution in [0.2, 0.25) is 15.1 Å². The van der Waals surface area contributed by atoms with Crippen molar-refractivity contribution in [1.29, 1.82) is 0 Å². The zero-order valence-electron chi connectivity index (χ0n) is 9.73. The molecular weight excluding hydrogens is 327 g/mol. The predicted octanol–water partition coefficient (Wildman–Crippen LogP) is 4.28. The van der Waals surface area contributed by atoms with E-state index in [1.807, 2.05) is 0 Å². The van der Waals surface area contributed by atoms with Crippen LogP contribution in [0, 0.1) is 10.1 Å². The number of nitrogen functional groups attached to an aromatic ring is 1. The lowest BCUT2D eigenvalue weighted by molar-refractivity contribution is -0.384. The molecule has 0 atom stereocenters. The number of halogens is 3. The highest BCUT2D eigenvalue weighted by atomic mass is 35.5. The number of rotatable bonds is 3. The normalized spacial score (nSPS) is 10.3. The van der Waals surface area contributed by atoms with Gasteiger partial charge < -0.3 is 11.1 Å². The number of aromatic nitrogens is 1. The molecule has 0 unspecified atom stereocenters. The minimum absolute atomic E-state index is 0.0321. The lowest BCUT2D eigenvalue weighted by Crippen LogP contribution is -2.02. The molecule has 20 heavy (non-hydrogen) atoms. The fourth-order valence-electron chi connectivity index (χ4n) is 1.45. The number of anilines is 3. The zero-order chi connectivity index (χ0) is 14.9. The molecule has 6 nitrogen and oxygen atoms in total. The Labute approximate surface area is 128 Å². The van der Waals surface area contributed by atoms with Crippen LogP contribution >= 0.6 is 34.8 Å². The van der Waals surface area contributed by atoms with Gasteiger partial charge in [0, 0.05) is 6.07 Å². The molecule has 1 aromatic heterocycles. The van der Waals surface area contributed by atoms with Crippen LogP contribution in [0.5, 0.6) is 0 Å². The van der Waals surface area contributed by atoms with E-state index in [2.05, 4.69) is 10.3 Å². The maximum atomic E-state index is 10.9. The van der Waals surface area contributed by atoms with Crippen molar-refractivity contribution in [3.63, 3.8) is 0 Å². The molecule has 3 N–H and O–H groups in total. The smallest absolute Gasteiger partial charge is 0.311 e. The lowest BCUT2D eigenvalue weighted by atomic mass is 10.3. The molecule has 0 aliphatic carbocycles. The van der Waals surface area contributed by atoms with Gasteiger partial charge in [0.15, 0.2) is 0 Å². The molecule has 0 bridgehead atoms. The first-order valence-corrected chi connectivity index (χ1v) is 6.34. The van der Waals surface area contributed by atoms with Crippen LogP contribution in [0.4, 0.5) is 23.0 Å². The Balaban J connectivity index is 2.47. The molecule has 0 saturated carbocycles. The first-order valence-electron chi connectivity index (χ1n) is 5.21. The highest BCUT2D eigenvalue weighted by Crippen LogP contribution is 2.35. The number of pyridine rings is 1. The first kappa shape index (κ1) is 14.6. The van der Waals surface area contributed by atoms with Gasteiger partial charge in [0.05, 0.1) is 25.7 Å². The second-order valence-electron chi connectivity index (χ2n) is 3.73. The van der Waals surface area contributed by atoms with E-state index in [0.29, 0.717) is 5.69 Å². The molecule has 0 radical (unpaired) electrons. The minimum Gasteiger partial charge on any atom is -0.384 e. The fourth-order valence-corrected chi connectivity index (χ4v) is 2.05. The quantitative estimate of drug-likeness (QED) is 0.497. The third-order valence-electron chi connectivity index (χ3n) is 2.36. The molecule has 0 aliphatic rings. The molecule has 1 heterocycles. The fraction of sp³-hybridized carbons (Fsp3) is 0. The molecule has 0 saturated heterocycles. The Hall–Kier alpha value is -1.76. The highest BCUT2D eigenvalue weighted by Gasteiger charge is 2.17. The maximum absolute atomic E-state index is 10.9. The molecule has 1 aromatic carbocycles. The molecule has 0 aliphatic heterocycles. The van der Waals surface area contributed by atoms with Gasteiger partial charge in [-0.05, 0) is 18.2 Å². The Kier molecular flexibility index (Phi) is 4.17. The number of benzene rings is 1. The van der Waals surface area contributed by atoms with Gasteiger partial charge in [-0.2, -0.15) is 0 Å². The monoisotopic (exact) mass is 332 g/mol. The van der Waals surface area contributed by atoms with E-state index in [4.69, 9.17) is 40.5 Å². The third kappa shape index (κ3) is 3.04. The van der Waals surface area contributed by atoms with Crippen molar-refractivity contribution in [2.45, 2.75) is 0 Å². The molecule has 2 aromatic rings. The lowest BCUT2D eigenvalue weighted by Gasteiger charge is -2.09. The average Bonchev–Trinajstić information content (AvgIpc) is 2.35. The van der Waals surface area contributed by atoms with Crippen molar-refractivity contribution in [2.24, 2.45) is 0 Å². The number of nitrogens with zero attached hydrogens (tertiary/aromatic N) is 2. The van der Waals surface area contributed by atoms with Gasteiger partial charge in [0.25, 0.3) is 0 Å². The maximum Gasteiger partial charge on any atom is 0.311 e. The van der Waals surface area contributed by atoms with E-state index >= 15 is 0 Å². The summed E-state index contributed by atoms with van der Waals surface area (Å²) < 4.78 is 0. The minimum atomic E-state index is -0.583.